The fourth-order valence-corrected chi connectivity index (χ4v) is 2.72. The number of anilines is 1. The van der Waals surface area contributed by atoms with Gasteiger partial charge in [0.25, 0.3) is 5.91 Å². The van der Waals surface area contributed by atoms with E-state index in [1.54, 1.807) is 48.5 Å². The van der Waals surface area contributed by atoms with Crippen molar-refractivity contribution in [3.8, 4) is 5.75 Å². The summed E-state index contributed by atoms with van der Waals surface area (Å²) in [6.45, 7) is 2.24. The van der Waals surface area contributed by atoms with E-state index in [2.05, 4.69) is 0 Å². The monoisotopic (exact) mass is 419 g/mol. The third kappa shape index (κ3) is 6.50. The van der Waals surface area contributed by atoms with Crippen LogP contribution in [0.15, 0.2) is 48.5 Å². The van der Waals surface area contributed by atoms with E-state index >= 15 is 0 Å². The third-order valence-corrected chi connectivity index (χ3v) is 4.24. The Morgan fingerprint density at radius 3 is 1.86 bits per heavy atom. The van der Waals surface area contributed by atoms with Crippen LogP contribution in [0.4, 0.5) is 5.69 Å². The quantitative estimate of drug-likeness (QED) is 0.609. The number of rotatable bonds is 8. The number of hydrogen-bond donors (Lipinski definition) is 0. The lowest BCUT2D eigenvalue weighted by Crippen LogP contribution is -2.46. The SMILES string of the molecule is COc1ccc(C(=O)N(c2ccc(Cl)cc2)C(COC(C)=O)COC(C)=O)cc1. The molecule has 0 heterocycles. The Balaban J connectivity index is 2.43. The number of halogens is 1. The molecular weight excluding hydrogens is 398 g/mol. The Morgan fingerprint density at radius 1 is 0.897 bits per heavy atom. The van der Waals surface area contributed by atoms with Gasteiger partial charge in [-0.15, -0.1) is 0 Å². The van der Waals surface area contributed by atoms with Crippen LogP contribution in [0, 0.1) is 0 Å². The molecule has 0 saturated carbocycles. The van der Waals surface area contributed by atoms with E-state index in [9.17, 15) is 14.4 Å². The Kier molecular flexibility index (Phi) is 8.03. The number of nitrogens with zero attached hydrogens (tertiary/aromatic N) is 1. The highest BCUT2D eigenvalue weighted by Gasteiger charge is 2.28. The van der Waals surface area contributed by atoms with Crippen molar-refractivity contribution in [2.24, 2.45) is 0 Å². The molecule has 2 aromatic carbocycles. The van der Waals surface area contributed by atoms with Gasteiger partial charge in [0, 0.05) is 30.1 Å². The lowest BCUT2D eigenvalue weighted by Gasteiger charge is -2.31. The molecule has 0 radical (unpaired) electrons. The molecule has 0 bridgehead atoms. The lowest BCUT2D eigenvalue weighted by molar-refractivity contribution is -0.144. The van der Waals surface area contributed by atoms with E-state index in [0.717, 1.165) is 0 Å². The largest absolute Gasteiger partial charge is 0.497 e. The van der Waals surface area contributed by atoms with Crippen LogP contribution in [0.25, 0.3) is 0 Å². The maximum absolute atomic E-state index is 13.3. The molecule has 0 aromatic heterocycles. The molecule has 0 aliphatic carbocycles. The molecule has 8 heteroatoms. The molecule has 7 nitrogen and oxygen atoms in total. The van der Waals surface area contributed by atoms with Crippen LogP contribution in [0.5, 0.6) is 5.75 Å². The molecule has 0 aliphatic heterocycles. The van der Waals surface area contributed by atoms with E-state index in [0.29, 0.717) is 22.0 Å². The predicted octanol–water partition coefficient (Wildman–Crippen LogP) is 3.49. The molecule has 1 amide bonds. The second-order valence-electron chi connectivity index (χ2n) is 6.14. The first-order valence-electron chi connectivity index (χ1n) is 8.81. The Morgan fingerprint density at radius 2 is 1.41 bits per heavy atom. The third-order valence-electron chi connectivity index (χ3n) is 3.98. The summed E-state index contributed by atoms with van der Waals surface area (Å²) in [6.07, 6.45) is 0. The first-order valence-corrected chi connectivity index (χ1v) is 9.19. The van der Waals surface area contributed by atoms with Gasteiger partial charge in [0.05, 0.1) is 7.11 Å². The van der Waals surface area contributed by atoms with Crippen molar-refractivity contribution in [3.05, 3.63) is 59.1 Å². The Labute approximate surface area is 174 Å². The molecule has 0 spiro atoms. The number of benzene rings is 2. The predicted molar refractivity (Wildman–Crippen MR) is 108 cm³/mol. The zero-order valence-electron chi connectivity index (χ0n) is 16.4. The van der Waals surface area contributed by atoms with Crippen LogP contribution in [-0.4, -0.2) is 44.2 Å². The number of hydrogen-bond acceptors (Lipinski definition) is 6. The molecule has 0 N–H and O–H groups in total. The molecular formula is C21H22ClNO6. The van der Waals surface area contributed by atoms with Crippen molar-refractivity contribution in [3.63, 3.8) is 0 Å². The van der Waals surface area contributed by atoms with Crippen LogP contribution < -0.4 is 9.64 Å². The van der Waals surface area contributed by atoms with Crippen molar-refractivity contribution in [1.82, 2.24) is 0 Å². The average Bonchev–Trinajstić information content (AvgIpc) is 2.70. The van der Waals surface area contributed by atoms with E-state index < -0.39 is 18.0 Å². The first kappa shape index (κ1) is 22.2. The number of amides is 1. The Bertz CT molecular complexity index is 832. The van der Waals surface area contributed by atoms with Gasteiger partial charge in [-0.1, -0.05) is 11.6 Å². The smallest absolute Gasteiger partial charge is 0.302 e. The van der Waals surface area contributed by atoms with Gasteiger partial charge in [-0.05, 0) is 48.5 Å². The molecule has 2 rings (SSSR count). The summed E-state index contributed by atoms with van der Waals surface area (Å²) in [5.41, 5.74) is 0.899. The topological polar surface area (TPSA) is 82.1 Å². The van der Waals surface area contributed by atoms with Gasteiger partial charge in [0.1, 0.15) is 25.0 Å². The van der Waals surface area contributed by atoms with Gasteiger partial charge < -0.3 is 14.2 Å². The van der Waals surface area contributed by atoms with Crippen LogP contribution in [-0.2, 0) is 19.1 Å². The van der Waals surface area contributed by atoms with E-state index in [1.807, 2.05) is 0 Å². The minimum Gasteiger partial charge on any atom is -0.497 e. The maximum Gasteiger partial charge on any atom is 0.302 e. The number of carbonyl (C=O) groups excluding carboxylic acids is 3. The van der Waals surface area contributed by atoms with Crippen LogP contribution in [0.3, 0.4) is 0 Å². The van der Waals surface area contributed by atoms with Crippen molar-refractivity contribution >= 4 is 35.1 Å². The summed E-state index contributed by atoms with van der Waals surface area (Å²) in [5, 5.41) is 0.502. The second kappa shape index (κ2) is 10.5. The molecule has 154 valence electrons. The highest BCUT2D eigenvalue weighted by Crippen LogP contribution is 2.24. The summed E-state index contributed by atoms with van der Waals surface area (Å²) in [4.78, 5) is 37.4. The molecule has 0 aliphatic rings. The average molecular weight is 420 g/mol. The number of carbonyl (C=O) groups is 3. The van der Waals surface area contributed by atoms with Crippen LogP contribution >= 0.6 is 11.6 Å². The van der Waals surface area contributed by atoms with Gasteiger partial charge in [-0.2, -0.15) is 0 Å². The minimum atomic E-state index is -0.737. The van der Waals surface area contributed by atoms with Crippen LogP contribution in [0.2, 0.25) is 5.02 Å². The number of esters is 2. The minimum absolute atomic E-state index is 0.146. The molecule has 0 unspecified atom stereocenters. The molecule has 2 aromatic rings. The summed E-state index contributed by atoms with van der Waals surface area (Å²) in [6, 6.07) is 12.5. The molecule has 0 saturated heterocycles. The molecule has 0 fully saturated rings. The van der Waals surface area contributed by atoms with Crippen molar-refractivity contribution < 1.29 is 28.6 Å². The standard InChI is InChI=1S/C21H22ClNO6/c1-14(24)28-12-19(13-29-15(2)25)23(18-8-6-17(22)7-9-18)21(26)16-4-10-20(27-3)11-5-16/h4-11,19H,12-13H2,1-3H3. The normalized spacial score (nSPS) is 10.4. The summed E-state index contributed by atoms with van der Waals surface area (Å²) in [7, 11) is 1.53. The highest BCUT2D eigenvalue weighted by atomic mass is 35.5. The van der Waals surface area contributed by atoms with Gasteiger partial charge in [0.15, 0.2) is 0 Å². The fraction of sp³-hybridized carbons (Fsp3) is 0.286. The van der Waals surface area contributed by atoms with Gasteiger partial charge in [0.2, 0.25) is 0 Å². The van der Waals surface area contributed by atoms with Crippen molar-refractivity contribution in [2.75, 3.05) is 25.2 Å². The van der Waals surface area contributed by atoms with Gasteiger partial charge >= 0.3 is 11.9 Å². The maximum atomic E-state index is 13.3. The summed E-state index contributed by atoms with van der Waals surface area (Å²) in [5.74, 6) is -0.771. The molecule has 29 heavy (non-hydrogen) atoms. The summed E-state index contributed by atoms with van der Waals surface area (Å²) >= 11 is 5.98. The number of ether oxygens (including phenoxy) is 3. The second-order valence-corrected chi connectivity index (χ2v) is 6.58. The van der Waals surface area contributed by atoms with Crippen molar-refractivity contribution in [1.29, 1.82) is 0 Å². The Hall–Kier alpha value is -3.06. The van der Waals surface area contributed by atoms with Crippen LogP contribution in [0.1, 0.15) is 24.2 Å². The summed E-state index contributed by atoms with van der Waals surface area (Å²) < 4.78 is 15.4. The number of methoxy groups -OCH3 is 1. The lowest BCUT2D eigenvalue weighted by atomic mass is 10.1. The zero-order chi connectivity index (χ0) is 21.4. The van der Waals surface area contributed by atoms with E-state index in [4.69, 9.17) is 25.8 Å². The first-order chi connectivity index (χ1) is 13.8. The van der Waals surface area contributed by atoms with Gasteiger partial charge in [-0.3, -0.25) is 19.3 Å². The highest BCUT2D eigenvalue weighted by molar-refractivity contribution is 6.30. The van der Waals surface area contributed by atoms with E-state index in [-0.39, 0.29) is 19.1 Å². The van der Waals surface area contributed by atoms with Gasteiger partial charge in [-0.25, -0.2) is 0 Å². The molecule has 0 atom stereocenters. The van der Waals surface area contributed by atoms with Crippen molar-refractivity contribution in [2.45, 2.75) is 19.9 Å². The van der Waals surface area contributed by atoms with E-state index in [1.165, 1.54) is 25.9 Å². The fourth-order valence-electron chi connectivity index (χ4n) is 2.59. The zero-order valence-corrected chi connectivity index (χ0v) is 17.1.